The zero-order valence-corrected chi connectivity index (χ0v) is 16.6. The molecule has 1 atom stereocenters. The first-order valence-electron chi connectivity index (χ1n) is 8.46. The number of Topliss-reactive ketones (excluding diaryl/α,β-unsaturated/α-hetero) is 1. The minimum absolute atomic E-state index is 0.225. The number of rotatable bonds is 3. The summed E-state index contributed by atoms with van der Waals surface area (Å²) in [5, 5.41) is 3.11. The van der Waals surface area contributed by atoms with Gasteiger partial charge in [-0.2, -0.15) is 0 Å². The second-order valence-corrected chi connectivity index (χ2v) is 8.20. The molecule has 0 bridgehead atoms. The van der Waals surface area contributed by atoms with Crippen molar-refractivity contribution in [2.24, 2.45) is 0 Å². The fourth-order valence-electron chi connectivity index (χ4n) is 3.39. The van der Waals surface area contributed by atoms with E-state index in [9.17, 15) is 14.0 Å². The minimum Gasteiger partial charge on any atom is -0.497 e. The molecule has 0 saturated heterocycles. The highest BCUT2D eigenvalue weighted by Crippen LogP contribution is 2.49. The molecule has 3 aromatic rings. The normalized spacial score (nSPS) is 18.6. The van der Waals surface area contributed by atoms with Gasteiger partial charge in [-0.05, 0) is 30.7 Å². The van der Waals surface area contributed by atoms with Crippen molar-refractivity contribution in [3.8, 4) is 16.9 Å². The number of ether oxygens (including phenoxy) is 1. The third-order valence-electron chi connectivity index (χ3n) is 5.02. The van der Waals surface area contributed by atoms with E-state index in [0.717, 1.165) is 11.3 Å². The highest BCUT2D eigenvalue weighted by Gasteiger charge is 2.49. The molecule has 1 aliphatic heterocycles. The minimum atomic E-state index is -1.49. The lowest BCUT2D eigenvalue weighted by Crippen LogP contribution is -2.48. The SMILES string of the molecule is COc1cccc(C2(C)C(=O)Nc3sc(Cl)c(-c4ccccc4F)c3C2=O)c1. The summed E-state index contributed by atoms with van der Waals surface area (Å²) in [5.74, 6) is -0.849. The molecule has 0 radical (unpaired) electrons. The van der Waals surface area contributed by atoms with E-state index in [0.29, 0.717) is 21.9 Å². The van der Waals surface area contributed by atoms with Gasteiger partial charge in [-0.25, -0.2) is 4.39 Å². The molecule has 28 heavy (non-hydrogen) atoms. The number of anilines is 1. The standard InChI is InChI=1S/C21H15ClFNO3S/c1-21(11-6-5-7-12(10-11)27-2)17(25)16-15(13-8-3-4-9-14(13)23)18(22)28-19(16)24-20(21)26/h3-10H,1-2H3,(H,24,26). The lowest BCUT2D eigenvalue weighted by Gasteiger charge is -2.32. The number of ketones is 1. The van der Waals surface area contributed by atoms with Crippen LogP contribution in [0.25, 0.3) is 11.1 Å². The monoisotopic (exact) mass is 415 g/mol. The second kappa shape index (κ2) is 6.72. The molecule has 4 nitrogen and oxygen atoms in total. The van der Waals surface area contributed by atoms with Gasteiger partial charge in [0.2, 0.25) is 5.91 Å². The van der Waals surface area contributed by atoms with E-state index in [-0.39, 0.29) is 15.5 Å². The first-order chi connectivity index (χ1) is 13.4. The molecule has 0 fully saturated rings. The maximum Gasteiger partial charge on any atom is 0.243 e. The van der Waals surface area contributed by atoms with Gasteiger partial charge < -0.3 is 10.1 Å². The van der Waals surface area contributed by atoms with Gasteiger partial charge in [-0.1, -0.05) is 41.9 Å². The quantitative estimate of drug-likeness (QED) is 0.590. The molecule has 1 aliphatic rings. The van der Waals surface area contributed by atoms with Crippen LogP contribution in [0.1, 0.15) is 22.8 Å². The topological polar surface area (TPSA) is 55.4 Å². The van der Waals surface area contributed by atoms with Crippen LogP contribution in [0.2, 0.25) is 4.34 Å². The Bertz CT molecular complexity index is 1130. The number of carbonyl (C=O) groups is 2. The molecule has 0 aliphatic carbocycles. The molecule has 4 rings (SSSR count). The van der Waals surface area contributed by atoms with Crippen LogP contribution in [-0.2, 0) is 10.2 Å². The molecule has 1 unspecified atom stereocenters. The fraction of sp³-hybridized carbons (Fsp3) is 0.143. The van der Waals surface area contributed by atoms with Crippen LogP contribution in [0.5, 0.6) is 5.75 Å². The van der Waals surface area contributed by atoms with Crippen molar-refractivity contribution in [2.45, 2.75) is 12.3 Å². The van der Waals surface area contributed by atoms with Crippen LogP contribution < -0.4 is 10.1 Å². The smallest absolute Gasteiger partial charge is 0.243 e. The highest BCUT2D eigenvalue weighted by molar-refractivity contribution is 7.21. The average molecular weight is 416 g/mol. The summed E-state index contributed by atoms with van der Waals surface area (Å²) >= 11 is 7.42. The fourth-order valence-corrected chi connectivity index (χ4v) is 4.75. The number of halogens is 2. The zero-order valence-electron chi connectivity index (χ0n) is 15.0. The van der Waals surface area contributed by atoms with E-state index < -0.39 is 22.9 Å². The number of nitrogens with one attached hydrogen (secondary N) is 1. The van der Waals surface area contributed by atoms with E-state index in [1.165, 1.54) is 13.2 Å². The van der Waals surface area contributed by atoms with E-state index in [1.54, 1.807) is 49.4 Å². The van der Waals surface area contributed by atoms with E-state index in [1.807, 2.05) is 0 Å². The Morgan fingerprint density at radius 2 is 1.86 bits per heavy atom. The molecule has 1 aromatic heterocycles. The molecule has 0 spiro atoms. The molecule has 1 amide bonds. The maximum absolute atomic E-state index is 14.5. The van der Waals surface area contributed by atoms with Gasteiger partial charge in [-0.3, -0.25) is 9.59 Å². The molecule has 142 valence electrons. The van der Waals surface area contributed by atoms with Gasteiger partial charge >= 0.3 is 0 Å². The van der Waals surface area contributed by atoms with Crippen LogP contribution in [-0.4, -0.2) is 18.8 Å². The molecule has 1 N–H and O–H groups in total. The van der Waals surface area contributed by atoms with Gasteiger partial charge in [0.1, 0.15) is 26.3 Å². The lowest BCUT2D eigenvalue weighted by atomic mass is 9.73. The number of thiophene rings is 1. The molecule has 2 heterocycles. The van der Waals surface area contributed by atoms with Crippen molar-refractivity contribution in [3.05, 3.63) is 69.8 Å². The number of benzene rings is 2. The summed E-state index contributed by atoms with van der Waals surface area (Å²) in [5.41, 5.74) is -0.250. The van der Waals surface area contributed by atoms with Gasteiger partial charge in [-0.15, -0.1) is 11.3 Å². The summed E-state index contributed by atoms with van der Waals surface area (Å²) < 4.78 is 19.9. The molecule has 7 heteroatoms. The predicted octanol–water partition coefficient (Wildman–Crippen LogP) is 5.31. The Morgan fingerprint density at radius 3 is 2.57 bits per heavy atom. The van der Waals surface area contributed by atoms with Crippen LogP contribution >= 0.6 is 22.9 Å². The summed E-state index contributed by atoms with van der Waals surface area (Å²) in [6.45, 7) is 1.55. The highest BCUT2D eigenvalue weighted by atomic mass is 35.5. The van der Waals surface area contributed by atoms with Crippen molar-refractivity contribution in [2.75, 3.05) is 12.4 Å². The number of hydrogen-bond donors (Lipinski definition) is 1. The van der Waals surface area contributed by atoms with Gasteiger partial charge in [0.05, 0.1) is 12.7 Å². The van der Waals surface area contributed by atoms with E-state index >= 15 is 0 Å². The molecule has 2 aromatic carbocycles. The summed E-state index contributed by atoms with van der Waals surface area (Å²) in [6, 6.07) is 12.9. The molecular formula is C21H15ClFNO3S. The lowest BCUT2D eigenvalue weighted by molar-refractivity contribution is -0.119. The first-order valence-corrected chi connectivity index (χ1v) is 9.65. The molecular weight excluding hydrogens is 401 g/mol. The second-order valence-electron chi connectivity index (χ2n) is 6.57. The van der Waals surface area contributed by atoms with Crippen molar-refractivity contribution in [3.63, 3.8) is 0 Å². The van der Waals surface area contributed by atoms with E-state index in [2.05, 4.69) is 5.32 Å². The Kier molecular flexibility index (Phi) is 4.48. The Balaban J connectivity index is 1.94. The predicted molar refractivity (Wildman–Crippen MR) is 108 cm³/mol. The van der Waals surface area contributed by atoms with Gasteiger partial charge in [0.15, 0.2) is 5.78 Å². The van der Waals surface area contributed by atoms with Crippen LogP contribution in [0.15, 0.2) is 48.5 Å². The third kappa shape index (κ3) is 2.64. The van der Waals surface area contributed by atoms with E-state index in [4.69, 9.17) is 16.3 Å². The number of fused-ring (bicyclic) bond motifs is 1. The van der Waals surface area contributed by atoms with Gasteiger partial charge in [0.25, 0.3) is 0 Å². The maximum atomic E-state index is 14.5. The van der Waals surface area contributed by atoms with Crippen molar-refractivity contribution in [1.29, 1.82) is 0 Å². The zero-order chi connectivity index (χ0) is 20.1. The third-order valence-corrected chi connectivity index (χ3v) is 6.33. The largest absolute Gasteiger partial charge is 0.497 e. The number of methoxy groups -OCH3 is 1. The van der Waals surface area contributed by atoms with Gasteiger partial charge in [0, 0.05) is 11.1 Å². The number of amides is 1. The van der Waals surface area contributed by atoms with Crippen LogP contribution in [0.3, 0.4) is 0 Å². The first kappa shape index (κ1) is 18.7. The van der Waals surface area contributed by atoms with Crippen molar-refractivity contribution in [1.82, 2.24) is 0 Å². The van der Waals surface area contributed by atoms with Crippen molar-refractivity contribution >= 4 is 39.6 Å². The van der Waals surface area contributed by atoms with Crippen LogP contribution in [0, 0.1) is 5.82 Å². The van der Waals surface area contributed by atoms with Crippen molar-refractivity contribution < 1.29 is 18.7 Å². The molecule has 0 saturated carbocycles. The van der Waals surface area contributed by atoms with Crippen LogP contribution in [0.4, 0.5) is 9.39 Å². The average Bonchev–Trinajstić information content (AvgIpc) is 3.02. The summed E-state index contributed by atoms with van der Waals surface area (Å²) in [4.78, 5) is 26.5. The number of carbonyl (C=O) groups excluding carboxylic acids is 2. The Labute approximate surface area is 169 Å². The Morgan fingerprint density at radius 1 is 1.11 bits per heavy atom. The summed E-state index contributed by atoms with van der Waals surface area (Å²) in [7, 11) is 1.51. The number of hydrogen-bond acceptors (Lipinski definition) is 4. The summed E-state index contributed by atoms with van der Waals surface area (Å²) in [6.07, 6.45) is 0. The Hall–Kier alpha value is -2.70.